The summed E-state index contributed by atoms with van der Waals surface area (Å²) in [6, 6.07) is 4.90. The van der Waals surface area contributed by atoms with Crippen LogP contribution in [0.15, 0.2) is 42.6 Å². The van der Waals surface area contributed by atoms with Crippen molar-refractivity contribution in [3.05, 3.63) is 93.7 Å². The van der Waals surface area contributed by atoms with Crippen molar-refractivity contribution in [2.24, 2.45) is 0 Å². The molecule has 4 rings (SSSR count). The molecule has 1 aliphatic carbocycles. The van der Waals surface area contributed by atoms with E-state index in [4.69, 9.17) is 4.74 Å². The van der Waals surface area contributed by atoms with Gasteiger partial charge < -0.3 is 14.6 Å². The largest absolute Gasteiger partial charge is 1.00 e. The average Bonchev–Trinajstić information content (AvgIpc) is 3.29. The van der Waals surface area contributed by atoms with Gasteiger partial charge in [-0.05, 0) is 60.2 Å². The molecule has 1 heterocycles. The van der Waals surface area contributed by atoms with E-state index < -0.39 is 53.1 Å². The van der Waals surface area contributed by atoms with Gasteiger partial charge in [0, 0.05) is 29.0 Å². The maximum absolute atomic E-state index is 14.0. The number of allylic oxidation sites excluding steroid dienone is 2. The molecule has 0 spiro atoms. The number of pyridine rings is 1. The van der Waals surface area contributed by atoms with Crippen LogP contribution in [0, 0.1) is 23.3 Å². The number of rotatable bonds is 6. The van der Waals surface area contributed by atoms with E-state index in [1.807, 2.05) is 0 Å². The number of alkyl halides is 3. The number of benzene rings is 2. The Morgan fingerprint density at radius 2 is 1.59 bits per heavy atom. The first-order valence-corrected chi connectivity index (χ1v) is 10.5. The van der Waals surface area contributed by atoms with Gasteiger partial charge in [0.25, 0.3) is 0 Å². The van der Waals surface area contributed by atoms with Crippen molar-refractivity contribution in [1.29, 1.82) is 0 Å². The Labute approximate surface area is 228 Å². The van der Waals surface area contributed by atoms with Crippen LogP contribution in [0.25, 0.3) is 11.1 Å². The Bertz CT molecular complexity index is 1390. The standard InChI is InChI=1S/C25H16F7NO3.Na/c26-19-5-4-12(6-18(19)24(34)35)15-2-1-3-16(15)17-8-14(25(30,31)32)10-33-23(17)36-11-13-7-21(28)22(29)9-20(13)27;/h4-10H,1-3,11H2,(H,34,35);/q;+1/p-1. The molecular formula is C25H15F7NNaO3. The summed E-state index contributed by atoms with van der Waals surface area (Å²) in [6.07, 6.45) is -3.17. The van der Waals surface area contributed by atoms with Crippen LogP contribution in [0.5, 0.6) is 5.88 Å². The smallest absolute Gasteiger partial charge is 0.545 e. The summed E-state index contributed by atoms with van der Waals surface area (Å²) in [7, 11) is 0. The van der Waals surface area contributed by atoms with Crippen molar-refractivity contribution in [3.8, 4) is 5.88 Å². The Kier molecular flexibility index (Phi) is 8.71. The van der Waals surface area contributed by atoms with E-state index in [2.05, 4.69) is 4.98 Å². The molecule has 0 radical (unpaired) electrons. The first kappa shape index (κ1) is 28.7. The summed E-state index contributed by atoms with van der Waals surface area (Å²) < 4.78 is 100. The number of hydrogen-bond acceptors (Lipinski definition) is 4. The molecular weight excluding hydrogens is 518 g/mol. The van der Waals surface area contributed by atoms with E-state index >= 15 is 0 Å². The van der Waals surface area contributed by atoms with Crippen LogP contribution in [0.4, 0.5) is 30.7 Å². The fourth-order valence-electron chi connectivity index (χ4n) is 3.99. The molecule has 0 fully saturated rings. The third kappa shape index (κ3) is 6.16. The third-order valence-corrected chi connectivity index (χ3v) is 5.71. The second-order valence-electron chi connectivity index (χ2n) is 8.01. The molecule has 3 aromatic rings. The van der Waals surface area contributed by atoms with Gasteiger partial charge in [-0.1, -0.05) is 6.07 Å². The fourth-order valence-corrected chi connectivity index (χ4v) is 3.99. The number of carbonyl (C=O) groups excluding carboxylic acids is 1. The van der Waals surface area contributed by atoms with Gasteiger partial charge >= 0.3 is 35.7 Å². The van der Waals surface area contributed by atoms with Crippen LogP contribution < -0.4 is 39.4 Å². The van der Waals surface area contributed by atoms with Gasteiger partial charge in [0.1, 0.15) is 18.2 Å². The number of carboxylic acid groups (broad SMARTS) is 1. The Hall–Kier alpha value is -2.89. The van der Waals surface area contributed by atoms with E-state index in [1.165, 1.54) is 6.07 Å². The van der Waals surface area contributed by atoms with Gasteiger partial charge in [-0.15, -0.1) is 0 Å². The molecule has 0 aliphatic heterocycles. The molecule has 2 aromatic carbocycles. The van der Waals surface area contributed by atoms with Crippen molar-refractivity contribution in [3.63, 3.8) is 0 Å². The Morgan fingerprint density at radius 1 is 0.919 bits per heavy atom. The zero-order valence-electron chi connectivity index (χ0n) is 19.2. The van der Waals surface area contributed by atoms with Gasteiger partial charge in [0.05, 0.1) is 11.5 Å². The summed E-state index contributed by atoms with van der Waals surface area (Å²) in [5.41, 5.74) is -1.25. The van der Waals surface area contributed by atoms with Gasteiger partial charge in [0.15, 0.2) is 11.6 Å². The minimum absolute atomic E-state index is 0. The molecule has 0 bridgehead atoms. The summed E-state index contributed by atoms with van der Waals surface area (Å²) in [5, 5.41) is 11.2. The minimum Gasteiger partial charge on any atom is -0.545 e. The second-order valence-corrected chi connectivity index (χ2v) is 8.01. The van der Waals surface area contributed by atoms with Crippen LogP contribution in [0.2, 0.25) is 0 Å². The molecule has 0 atom stereocenters. The molecule has 4 nitrogen and oxygen atoms in total. The predicted molar refractivity (Wildman–Crippen MR) is 111 cm³/mol. The van der Waals surface area contributed by atoms with Crippen molar-refractivity contribution in [2.45, 2.75) is 32.0 Å². The van der Waals surface area contributed by atoms with E-state index in [-0.39, 0.29) is 58.5 Å². The number of ether oxygens (including phenoxy) is 1. The Morgan fingerprint density at radius 3 is 2.27 bits per heavy atom. The van der Waals surface area contributed by atoms with Gasteiger partial charge in [-0.3, -0.25) is 0 Å². The minimum atomic E-state index is -4.76. The average molecular weight is 533 g/mol. The first-order valence-electron chi connectivity index (χ1n) is 10.5. The van der Waals surface area contributed by atoms with Crippen LogP contribution in [0.3, 0.4) is 0 Å². The number of nitrogens with zero attached hydrogens (tertiary/aromatic N) is 1. The van der Waals surface area contributed by atoms with Crippen LogP contribution in [0.1, 0.15) is 51.9 Å². The normalized spacial score (nSPS) is 13.5. The van der Waals surface area contributed by atoms with Crippen molar-refractivity contribution >= 4 is 17.1 Å². The number of halogens is 7. The number of aromatic nitrogens is 1. The molecule has 0 amide bonds. The molecule has 12 heteroatoms. The number of aromatic carboxylic acids is 1. The van der Waals surface area contributed by atoms with Gasteiger partial charge in [-0.25, -0.2) is 22.5 Å². The van der Waals surface area contributed by atoms with Gasteiger partial charge in [0.2, 0.25) is 5.88 Å². The zero-order chi connectivity index (χ0) is 26.2. The van der Waals surface area contributed by atoms with Crippen molar-refractivity contribution < 1.29 is 74.9 Å². The molecule has 188 valence electrons. The molecule has 37 heavy (non-hydrogen) atoms. The first-order chi connectivity index (χ1) is 17.0. The second kappa shape index (κ2) is 11.2. The third-order valence-electron chi connectivity index (χ3n) is 5.71. The van der Waals surface area contributed by atoms with Crippen molar-refractivity contribution in [1.82, 2.24) is 4.98 Å². The molecule has 0 N–H and O–H groups in total. The molecule has 0 saturated carbocycles. The molecule has 0 saturated heterocycles. The quantitative estimate of drug-likeness (QED) is 0.278. The summed E-state index contributed by atoms with van der Waals surface area (Å²) in [6.45, 7) is -0.664. The SMILES string of the molecule is O=C([O-])c1cc(C2=C(c3cc(C(F)(F)F)cnc3OCc3cc(F)c(F)cc3F)CCC2)ccc1F.[Na+]. The summed E-state index contributed by atoms with van der Waals surface area (Å²) in [5.74, 6) is -6.99. The monoisotopic (exact) mass is 533 g/mol. The maximum Gasteiger partial charge on any atom is 1.00 e. The molecule has 0 unspecified atom stereocenters. The van der Waals surface area contributed by atoms with Gasteiger partial charge in [-0.2, -0.15) is 13.2 Å². The van der Waals surface area contributed by atoms with E-state index in [1.54, 1.807) is 0 Å². The topological polar surface area (TPSA) is 62.2 Å². The van der Waals surface area contributed by atoms with E-state index in [9.17, 15) is 40.6 Å². The van der Waals surface area contributed by atoms with E-state index in [0.29, 0.717) is 42.3 Å². The van der Waals surface area contributed by atoms with Crippen LogP contribution in [-0.2, 0) is 12.8 Å². The van der Waals surface area contributed by atoms with Crippen molar-refractivity contribution in [2.75, 3.05) is 0 Å². The van der Waals surface area contributed by atoms with E-state index in [0.717, 1.165) is 18.2 Å². The summed E-state index contributed by atoms with van der Waals surface area (Å²) in [4.78, 5) is 15.0. The zero-order valence-corrected chi connectivity index (χ0v) is 21.2. The number of carbonyl (C=O) groups is 1. The maximum atomic E-state index is 14.0. The van der Waals surface area contributed by atoms with Crippen LogP contribution >= 0.6 is 0 Å². The fraction of sp³-hybridized carbons (Fsp3) is 0.200. The predicted octanol–water partition coefficient (Wildman–Crippen LogP) is 2.70. The summed E-state index contributed by atoms with van der Waals surface area (Å²) >= 11 is 0. The number of hydrogen-bond donors (Lipinski definition) is 0. The molecule has 1 aromatic heterocycles. The number of carboxylic acids is 1. The molecule has 1 aliphatic rings. The van der Waals surface area contributed by atoms with Crippen LogP contribution in [-0.4, -0.2) is 11.0 Å². The Balaban J connectivity index is 0.00000380.